The van der Waals surface area contributed by atoms with Gasteiger partial charge in [0.05, 0.1) is 22.8 Å². The second-order valence-electron chi connectivity index (χ2n) is 11.0. The predicted octanol–water partition coefficient (Wildman–Crippen LogP) is 11.0. The highest BCUT2D eigenvalue weighted by Gasteiger charge is 2.42. The van der Waals surface area contributed by atoms with Crippen LogP contribution in [-0.2, 0) is 4.74 Å². The van der Waals surface area contributed by atoms with E-state index >= 15 is 0 Å². The van der Waals surface area contributed by atoms with Crippen LogP contribution in [0, 0.1) is 0 Å². The largest absolute Gasteiger partial charge is 0.494 e. The molecule has 0 aliphatic heterocycles. The van der Waals surface area contributed by atoms with Crippen LogP contribution in [0.15, 0.2) is 66.7 Å². The summed E-state index contributed by atoms with van der Waals surface area (Å²) in [5.41, 5.74) is 1.91. The number of alkyl halides is 3. The molecule has 0 bridgehead atoms. The first-order valence-corrected chi connectivity index (χ1v) is 16.1. The maximum absolute atomic E-state index is 13.4. The molecule has 0 aliphatic carbocycles. The Morgan fingerprint density at radius 1 is 0.711 bits per heavy atom. The van der Waals surface area contributed by atoms with E-state index in [0.29, 0.717) is 13.0 Å². The summed E-state index contributed by atoms with van der Waals surface area (Å²) in [5.74, 6) is -0.999. The van der Waals surface area contributed by atoms with E-state index in [1.54, 1.807) is 24.3 Å². The third-order valence-corrected chi connectivity index (χ3v) is 7.69. The van der Waals surface area contributed by atoms with E-state index in [4.69, 9.17) is 25.8 Å². The quantitative estimate of drug-likeness (QED) is 0.0781. The molecule has 1 unspecified atom stereocenters. The molecule has 0 saturated heterocycles. The number of carbonyl (C=O) groups is 2. The molecule has 45 heavy (non-hydrogen) atoms. The molecule has 0 fully saturated rings. The highest BCUT2D eigenvalue weighted by Crippen LogP contribution is 2.30. The Morgan fingerprint density at radius 2 is 1.27 bits per heavy atom. The van der Waals surface area contributed by atoms with Crippen LogP contribution in [0.3, 0.4) is 0 Å². The van der Waals surface area contributed by atoms with Crippen LogP contribution in [-0.4, -0.2) is 30.8 Å². The Kier molecular flexibility index (Phi) is 14.7. The summed E-state index contributed by atoms with van der Waals surface area (Å²) in [6.45, 7) is 4.85. The Morgan fingerprint density at radius 3 is 1.87 bits per heavy atom. The van der Waals surface area contributed by atoms with E-state index in [1.165, 1.54) is 50.3 Å². The molecule has 0 heterocycles. The summed E-state index contributed by atoms with van der Waals surface area (Å²) in [6, 6.07) is 18.3. The minimum absolute atomic E-state index is 0.0362. The maximum Gasteiger partial charge on any atom is 0.425 e. The zero-order valence-corrected chi connectivity index (χ0v) is 26.7. The van der Waals surface area contributed by atoms with E-state index < -0.39 is 24.2 Å². The van der Waals surface area contributed by atoms with Crippen molar-refractivity contribution in [2.24, 2.45) is 0 Å². The van der Waals surface area contributed by atoms with Gasteiger partial charge in [0.1, 0.15) is 11.5 Å². The number of esters is 2. The Labute approximate surface area is 269 Å². The smallest absolute Gasteiger partial charge is 0.425 e. The third kappa shape index (κ3) is 12.1. The van der Waals surface area contributed by atoms with Gasteiger partial charge >= 0.3 is 18.1 Å². The fraction of sp³-hybridized carbons (Fsp3) is 0.444. The number of rotatable bonds is 18. The molecule has 1 atom stereocenters. The highest BCUT2D eigenvalue weighted by atomic mass is 35.5. The Hall–Kier alpha value is -3.52. The van der Waals surface area contributed by atoms with Gasteiger partial charge in [-0.1, -0.05) is 101 Å². The lowest BCUT2D eigenvalue weighted by Crippen LogP contribution is -2.34. The van der Waals surface area contributed by atoms with Crippen molar-refractivity contribution >= 4 is 23.5 Å². The fourth-order valence-electron chi connectivity index (χ4n) is 4.74. The standard InChI is InChI=1S/C36H42ClF3O5/c1-3-5-7-9-10-12-24-43-29-20-18-27(19-21-29)26-14-16-28(17-15-26)34(41)44-30-22-23-31(32(37)25-30)35(42)45-33(36(38,39)40)13-11-8-6-4-2/h14-23,25,33H,3-13,24H2,1-2H3. The van der Waals surface area contributed by atoms with E-state index in [0.717, 1.165) is 36.1 Å². The molecule has 0 saturated carbocycles. The second kappa shape index (κ2) is 18.4. The number of benzene rings is 3. The summed E-state index contributed by atoms with van der Waals surface area (Å²) >= 11 is 6.17. The first-order valence-electron chi connectivity index (χ1n) is 15.7. The maximum atomic E-state index is 13.4. The molecule has 3 aromatic rings. The normalized spacial score (nSPS) is 12.0. The van der Waals surface area contributed by atoms with Gasteiger partial charge in [-0.3, -0.25) is 0 Å². The van der Waals surface area contributed by atoms with Gasteiger partial charge in [-0.05, 0) is 66.8 Å². The van der Waals surface area contributed by atoms with Crippen molar-refractivity contribution in [3.63, 3.8) is 0 Å². The summed E-state index contributed by atoms with van der Waals surface area (Å²) < 4.78 is 56.3. The van der Waals surface area contributed by atoms with Gasteiger partial charge in [0.2, 0.25) is 0 Å². The van der Waals surface area contributed by atoms with Gasteiger partial charge in [-0.2, -0.15) is 13.2 Å². The minimum Gasteiger partial charge on any atom is -0.494 e. The van der Waals surface area contributed by atoms with Crippen LogP contribution in [0.25, 0.3) is 11.1 Å². The van der Waals surface area contributed by atoms with Gasteiger partial charge in [0.15, 0.2) is 6.10 Å². The summed E-state index contributed by atoms with van der Waals surface area (Å²) in [5, 5.41) is -0.188. The molecule has 5 nitrogen and oxygen atoms in total. The summed E-state index contributed by atoms with van der Waals surface area (Å²) in [7, 11) is 0. The van der Waals surface area contributed by atoms with E-state index in [-0.39, 0.29) is 34.7 Å². The number of hydrogen-bond acceptors (Lipinski definition) is 5. The Bertz CT molecular complexity index is 1340. The molecule has 3 rings (SSSR count). The summed E-state index contributed by atoms with van der Waals surface area (Å²) in [6.07, 6.45) is 2.59. The van der Waals surface area contributed by atoms with Crippen molar-refractivity contribution in [3.8, 4) is 22.6 Å². The number of carbonyl (C=O) groups excluding carboxylic acids is 2. The van der Waals surface area contributed by atoms with E-state index in [2.05, 4.69) is 6.92 Å². The molecule has 0 aromatic heterocycles. The van der Waals surface area contributed by atoms with Gasteiger partial charge in [0.25, 0.3) is 0 Å². The topological polar surface area (TPSA) is 61.8 Å². The number of ether oxygens (including phenoxy) is 3. The predicted molar refractivity (Wildman–Crippen MR) is 171 cm³/mol. The van der Waals surface area contributed by atoms with Crippen molar-refractivity contribution < 1.29 is 37.0 Å². The Balaban J connectivity index is 1.53. The molecule has 244 valence electrons. The lowest BCUT2D eigenvalue weighted by atomic mass is 10.0. The molecule has 0 spiro atoms. The lowest BCUT2D eigenvalue weighted by molar-refractivity contribution is -0.206. The van der Waals surface area contributed by atoms with Crippen molar-refractivity contribution in [2.75, 3.05) is 6.61 Å². The minimum atomic E-state index is -4.69. The van der Waals surface area contributed by atoms with Gasteiger partial charge in [-0.25, -0.2) is 9.59 Å². The molecular weight excluding hydrogens is 605 g/mol. The van der Waals surface area contributed by atoms with E-state index in [1.807, 2.05) is 31.2 Å². The van der Waals surface area contributed by atoms with Gasteiger partial charge in [-0.15, -0.1) is 0 Å². The molecule has 0 N–H and O–H groups in total. The average molecular weight is 647 g/mol. The summed E-state index contributed by atoms with van der Waals surface area (Å²) in [4.78, 5) is 25.3. The number of halogens is 4. The molecule has 9 heteroatoms. The molecule has 0 amide bonds. The van der Waals surface area contributed by atoms with Gasteiger partial charge in [0, 0.05) is 6.07 Å². The SMILES string of the molecule is CCCCCCCCOc1ccc(-c2ccc(C(=O)Oc3ccc(C(=O)OC(CCCCCC)C(F)(F)F)c(Cl)c3)cc2)cc1. The zero-order chi connectivity index (χ0) is 32.7. The van der Waals surface area contributed by atoms with Gasteiger partial charge < -0.3 is 14.2 Å². The van der Waals surface area contributed by atoms with Crippen LogP contribution in [0.1, 0.15) is 105 Å². The monoisotopic (exact) mass is 646 g/mol. The van der Waals surface area contributed by atoms with Crippen LogP contribution in [0.2, 0.25) is 5.02 Å². The number of unbranched alkanes of at least 4 members (excludes halogenated alkanes) is 8. The second-order valence-corrected chi connectivity index (χ2v) is 11.4. The van der Waals surface area contributed by atoms with Crippen molar-refractivity contribution in [1.29, 1.82) is 0 Å². The third-order valence-electron chi connectivity index (χ3n) is 7.38. The number of hydrogen-bond donors (Lipinski definition) is 0. The molecule has 3 aromatic carbocycles. The lowest BCUT2D eigenvalue weighted by Gasteiger charge is -2.21. The van der Waals surface area contributed by atoms with Crippen LogP contribution < -0.4 is 9.47 Å². The average Bonchev–Trinajstić information content (AvgIpc) is 3.02. The zero-order valence-electron chi connectivity index (χ0n) is 26.0. The molecular formula is C36H42ClF3O5. The van der Waals surface area contributed by atoms with E-state index in [9.17, 15) is 22.8 Å². The fourth-order valence-corrected chi connectivity index (χ4v) is 4.99. The van der Waals surface area contributed by atoms with Crippen molar-refractivity contribution in [2.45, 2.75) is 96.8 Å². The van der Waals surface area contributed by atoms with Crippen molar-refractivity contribution in [1.82, 2.24) is 0 Å². The first-order chi connectivity index (χ1) is 21.6. The van der Waals surface area contributed by atoms with Crippen LogP contribution in [0.5, 0.6) is 11.5 Å². The van der Waals surface area contributed by atoms with Crippen molar-refractivity contribution in [3.05, 3.63) is 82.9 Å². The van der Waals surface area contributed by atoms with Crippen LogP contribution >= 0.6 is 11.6 Å². The first kappa shape index (κ1) is 36.0. The van der Waals surface area contributed by atoms with Crippen LogP contribution in [0.4, 0.5) is 13.2 Å². The molecule has 0 aliphatic rings. The highest BCUT2D eigenvalue weighted by molar-refractivity contribution is 6.33. The molecule has 0 radical (unpaired) electrons.